The summed E-state index contributed by atoms with van der Waals surface area (Å²) in [7, 11) is 1.67. The van der Waals surface area contributed by atoms with Gasteiger partial charge in [0.05, 0.1) is 20.3 Å². The maximum atomic E-state index is 5.94. The number of ether oxygens (including phenoxy) is 2. The molecule has 1 aliphatic heterocycles. The lowest BCUT2D eigenvalue weighted by molar-refractivity contribution is 0.119. The Morgan fingerprint density at radius 1 is 1.36 bits per heavy atom. The standard InChI is InChI=1S/C19H32N4O2/c1-3-23-12-4-6-17(23)14-22-19(20)21-11-5-13-25-15-16-7-9-18(24-2)10-8-16/h7-10,17H,3-6,11-15H2,1-2H3,(H3,20,21,22). The van der Waals surface area contributed by atoms with Crippen molar-refractivity contribution in [1.29, 1.82) is 0 Å². The second-order valence-corrected chi connectivity index (χ2v) is 6.33. The highest BCUT2D eigenvalue weighted by Crippen LogP contribution is 2.16. The summed E-state index contributed by atoms with van der Waals surface area (Å²) < 4.78 is 10.8. The monoisotopic (exact) mass is 348 g/mol. The molecule has 0 saturated carbocycles. The zero-order chi connectivity index (χ0) is 17.9. The minimum Gasteiger partial charge on any atom is -0.497 e. The molecule has 1 aliphatic rings. The third kappa shape index (κ3) is 6.92. The van der Waals surface area contributed by atoms with E-state index in [2.05, 4.69) is 22.1 Å². The summed E-state index contributed by atoms with van der Waals surface area (Å²) >= 11 is 0. The van der Waals surface area contributed by atoms with E-state index in [1.807, 2.05) is 24.3 Å². The number of hydrogen-bond donors (Lipinski definition) is 2. The summed E-state index contributed by atoms with van der Waals surface area (Å²) in [6.45, 7) is 7.37. The van der Waals surface area contributed by atoms with Gasteiger partial charge < -0.3 is 20.5 Å². The fraction of sp³-hybridized carbons (Fsp3) is 0.632. The zero-order valence-corrected chi connectivity index (χ0v) is 15.5. The van der Waals surface area contributed by atoms with Crippen molar-refractivity contribution < 1.29 is 9.47 Å². The number of rotatable bonds is 10. The topological polar surface area (TPSA) is 72.1 Å². The van der Waals surface area contributed by atoms with E-state index >= 15 is 0 Å². The molecule has 6 heteroatoms. The molecule has 1 aromatic rings. The number of likely N-dealkylation sites (tertiary alicyclic amines) is 1. The van der Waals surface area contributed by atoms with Crippen LogP contribution in [0.1, 0.15) is 31.7 Å². The smallest absolute Gasteiger partial charge is 0.188 e. The molecule has 140 valence electrons. The van der Waals surface area contributed by atoms with E-state index in [4.69, 9.17) is 15.2 Å². The molecule has 1 fully saturated rings. The molecule has 0 aliphatic carbocycles. The molecule has 0 amide bonds. The van der Waals surface area contributed by atoms with Crippen molar-refractivity contribution in [3.8, 4) is 5.75 Å². The van der Waals surface area contributed by atoms with Gasteiger partial charge in [0.1, 0.15) is 5.75 Å². The van der Waals surface area contributed by atoms with Gasteiger partial charge in [-0.3, -0.25) is 9.89 Å². The maximum absolute atomic E-state index is 5.94. The number of nitrogens with zero attached hydrogens (tertiary/aromatic N) is 2. The first-order valence-electron chi connectivity index (χ1n) is 9.21. The minimum absolute atomic E-state index is 0.540. The average molecular weight is 348 g/mol. The highest BCUT2D eigenvalue weighted by Gasteiger charge is 2.22. The fourth-order valence-corrected chi connectivity index (χ4v) is 3.08. The molecule has 25 heavy (non-hydrogen) atoms. The zero-order valence-electron chi connectivity index (χ0n) is 15.5. The van der Waals surface area contributed by atoms with Crippen LogP contribution < -0.4 is 15.8 Å². The third-order valence-corrected chi connectivity index (χ3v) is 4.58. The van der Waals surface area contributed by atoms with E-state index in [0.29, 0.717) is 25.2 Å². The van der Waals surface area contributed by atoms with Gasteiger partial charge in [-0.2, -0.15) is 0 Å². The quantitative estimate of drug-likeness (QED) is 0.384. The van der Waals surface area contributed by atoms with E-state index in [-0.39, 0.29) is 0 Å². The van der Waals surface area contributed by atoms with Gasteiger partial charge in [-0.05, 0) is 50.0 Å². The summed E-state index contributed by atoms with van der Waals surface area (Å²) in [5, 5.41) is 3.17. The lowest BCUT2D eigenvalue weighted by atomic mass is 10.2. The van der Waals surface area contributed by atoms with Gasteiger partial charge >= 0.3 is 0 Å². The molecule has 0 radical (unpaired) electrons. The highest BCUT2D eigenvalue weighted by atomic mass is 16.5. The Labute approximate surface area is 151 Å². The molecule has 0 bridgehead atoms. The molecule has 2 rings (SSSR count). The van der Waals surface area contributed by atoms with E-state index in [1.165, 1.54) is 19.4 Å². The van der Waals surface area contributed by atoms with Crippen molar-refractivity contribution in [3.05, 3.63) is 29.8 Å². The number of benzene rings is 1. The van der Waals surface area contributed by atoms with Crippen molar-refractivity contribution in [2.45, 2.75) is 38.8 Å². The maximum Gasteiger partial charge on any atom is 0.188 e. The van der Waals surface area contributed by atoms with Gasteiger partial charge in [0.2, 0.25) is 0 Å². The Morgan fingerprint density at radius 2 is 2.16 bits per heavy atom. The van der Waals surface area contributed by atoms with Crippen LogP contribution in [0.5, 0.6) is 5.75 Å². The lowest BCUT2D eigenvalue weighted by Crippen LogP contribution is -2.36. The van der Waals surface area contributed by atoms with Crippen molar-refractivity contribution >= 4 is 5.96 Å². The van der Waals surface area contributed by atoms with Gasteiger partial charge in [0.25, 0.3) is 0 Å². The number of guanidine groups is 1. The van der Waals surface area contributed by atoms with Crippen LogP contribution in [0.25, 0.3) is 0 Å². The summed E-state index contributed by atoms with van der Waals surface area (Å²) in [6, 6.07) is 8.48. The summed E-state index contributed by atoms with van der Waals surface area (Å²) in [5.41, 5.74) is 7.08. The van der Waals surface area contributed by atoms with Crippen LogP contribution >= 0.6 is 0 Å². The van der Waals surface area contributed by atoms with Gasteiger partial charge in [-0.1, -0.05) is 19.1 Å². The predicted molar refractivity (Wildman–Crippen MR) is 102 cm³/mol. The first kappa shape index (κ1) is 19.5. The summed E-state index contributed by atoms with van der Waals surface area (Å²) in [5.74, 6) is 1.40. The van der Waals surface area contributed by atoms with E-state index in [9.17, 15) is 0 Å². The van der Waals surface area contributed by atoms with Crippen LogP contribution in [0.4, 0.5) is 0 Å². The molecule has 3 N–H and O–H groups in total. The van der Waals surface area contributed by atoms with Crippen molar-refractivity contribution in [1.82, 2.24) is 10.2 Å². The number of nitrogens with two attached hydrogens (primary N) is 1. The lowest BCUT2D eigenvalue weighted by Gasteiger charge is -2.20. The van der Waals surface area contributed by atoms with Crippen molar-refractivity contribution in [2.75, 3.05) is 39.9 Å². The number of likely N-dealkylation sites (N-methyl/N-ethyl adjacent to an activating group) is 1. The summed E-state index contributed by atoms with van der Waals surface area (Å²) in [4.78, 5) is 6.95. The van der Waals surface area contributed by atoms with Gasteiger partial charge in [-0.25, -0.2) is 0 Å². The molecule has 6 nitrogen and oxygen atoms in total. The SMILES string of the molecule is CCN1CCCC1CN=C(N)NCCCOCc1ccc(OC)cc1. The minimum atomic E-state index is 0.540. The normalized spacial score (nSPS) is 18.5. The Bertz CT molecular complexity index is 519. The average Bonchev–Trinajstić information content (AvgIpc) is 3.11. The van der Waals surface area contributed by atoms with Crippen LogP contribution in [0.2, 0.25) is 0 Å². The molecule has 1 saturated heterocycles. The molecule has 1 unspecified atom stereocenters. The van der Waals surface area contributed by atoms with E-state index in [1.54, 1.807) is 7.11 Å². The molecule has 1 aromatic carbocycles. The van der Waals surface area contributed by atoms with Crippen molar-refractivity contribution in [2.24, 2.45) is 10.7 Å². The molecule has 1 atom stereocenters. The van der Waals surface area contributed by atoms with E-state index in [0.717, 1.165) is 37.4 Å². The van der Waals surface area contributed by atoms with Gasteiger partial charge in [-0.15, -0.1) is 0 Å². The van der Waals surface area contributed by atoms with E-state index < -0.39 is 0 Å². The molecule has 1 heterocycles. The number of nitrogens with one attached hydrogen (secondary N) is 1. The van der Waals surface area contributed by atoms with Crippen LogP contribution in [-0.2, 0) is 11.3 Å². The third-order valence-electron chi connectivity index (χ3n) is 4.58. The van der Waals surface area contributed by atoms with Crippen LogP contribution in [0.3, 0.4) is 0 Å². The predicted octanol–water partition coefficient (Wildman–Crippen LogP) is 1.99. The Morgan fingerprint density at radius 3 is 2.88 bits per heavy atom. The fourth-order valence-electron chi connectivity index (χ4n) is 3.08. The highest BCUT2D eigenvalue weighted by molar-refractivity contribution is 5.77. The number of hydrogen-bond acceptors (Lipinski definition) is 4. The first-order chi connectivity index (χ1) is 12.2. The second kappa shape index (κ2) is 10.9. The van der Waals surface area contributed by atoms with Crippen LogP contribution in [0.15, 0.2) is 29.3 Å². The Balaban J connectivity index is 1.53. The number of aliphatic imine (C=N–C) groups is 1. The van der Waals surface area contributed by atoms with Gasteiger partial charge in [0.15, 0.2) is 5.96 Å². The number of methoxy groups -OCH3 is 1. The van der Waals surface area contributed by atoms with Crippen molar-refractivity contribution in [3.63, 3.8) is 0 Å². The largest absolute Gasteiger partial charge is 0.497 e. The second-order valence-electron chi connectivity index (χ2n) is 6.33. The molecule has 0 spiro atoms. The first-order valence-corrected chi connectivity index (χ1v) is 9.21. The van der Waals surface area contributed by atoms with Crippen LogP contribution in [-0.4, -0.2) is 56.8 Å². The van der Waals surface area contributed by atoms with Crippen LogP contribution in [0, 0.1) is 0 Å². The Hall–Kier alpha value is -1.79. The Kier molecular flexibility index (Phi) is 8.55. The van der Waals surface area contributed by atoms with Gasteiger partial charge in [0, 0.05) is 19.2 Å². The molecule has 0 aromatic heterocycles. The molecular weight excluding hydrogens is 316 g/mol. The molecular formula is C19H32N4O2. The summed E-state index contributed by atoms with van der Waals surface area (Å²) in [6.07, 6.45) is 3.40.